The van der Waals surface area contributed by atoms with Gasteiger partial charge in [0.2, 0.25) is 14.0 Å². The van der Waals surface area contributed by atoms with Gasteiger partial charge in [0, 0.05) is 0 Å². The number of nitrogens with zero attached hydrogens (tertiary/aromatic N) is 7. The van der Waals surface area contributed by atoms with E-state index in [1.165, 1.54) is 10.9 Å². The zero-order chi connectivity index (χ0) is 32.9. The van der Waals surface area contributed by atoms with Crippen LogP contribution >= 0.6 is 15.9 Å². The van der Waals surface area contributed by atoms with E-state index >= 15 is 0 Å². The monoisotopic (exact) mass is 690 g/mol. The summed E-state index contributed by atoms with van der Waals surface area (Å²) >= 11 is 0. The fourth-order valence-corrected chi connectivity index (χ4v) is 6.47. The van der Waals surface area contributed by atoms with E-state index in [1.807, 2.05) is 0 Å². The predicted octanol–water partition coefficient (Wildman–Crippen LogP) is -3.06. The van der Waals surface area contributed by atoms with E-state index in [-0.39, 0.29) is 34.1 Å². The van der Waals surface area contributed by atoms with E-state index in [0.29, 0.717) is 0 Å². The van der Waals surface area contributed by atoms with Gasteiger partial charge < -0.3 is 50.8 Å². The van der Waals surface area contributed by atoms with Crippen LogP contribution in [0.25, 0.3) is 22.3 Å². The average Bonchev–Trinajstić information content (AvgIpc) is 3.76. The third-order valence-electron chi connectivity index (χ3n) is 7.24. The highest BCUT2D eigenvalue weighted by Gasteiger charge is 2.51. The highest BCUT2D eigenvalue weighted by molar-refractivity contribution is 7.47. The second kappa shape index (κ2) is 12.6. The Morgan fingerprint density at radius 3 is 2.41 bits per heavy atom. The smallest absolute Gasteiger partial charge is 0.394 e. The number of aromatic nitrogens is 8. The summed E-state index contributed by atoms with van der Waals surface area (Å²) < 4.78 is 54.4. The number of aromatic amines is 1. The normalized spacial score (nSPS) is 30.3. The van der Waals surface area contributed by atoms with E-state index in [2.05, 4.69) is 29.9 Å². The molecule has 2 saturated heterocycles. The minimum atomic E-state index is -5.12. The molecule has 4 aromatic heterocycles. The molecule has 0 saturated carbocycles. The van der Waals surface area contributed by atoms with Crippen molar-refractivity contribution in [2.45, 2.75) is 49.1 Å². The SMILES string of the molecule is Nc1nc2c(ncn2[C@@H]2O[C@H](COP(=O)(O)OC3C(O)[C@@H](CO)O[C@H]3n3cnc4c(N)ncnc43)C(OC[PH](=O)O)C2O)c(=O)[nH]1. The zero-order valence-corrected chi connectivity index (χ0v) is 25.1. The molecule has 6 unspecified atom stereocenters. The standard InChI is InChI=1S/C21H28N10O13P2/c22-15-9-16(25-3-24-15)30(4-26-9)20-14(11(33)7(1-32)42-20)44-46(38,39)41-2-8-13(40-6-45(36)37)12(34)19(43-8)31-5-27-10-17(31)28-21(23)29-18(10)35/h3-5,7-8,11-14,19-20,32-34,45H,1-2,6H2,(H,36,37)(H,38,39)(H2,22,24,25)(H3,23,28,29,35)/t7-,8-,11?,12?,13?,14?,19-,20-/m1/s1. The first-order valence-corrected chi connectivity index (χ1v) is 16.4. The van der Waals surface area contributed by atoms with E-state index in [0.717, 1.165) is 17.2 Å². The summed E-state index contributed by atoms with van der Waals surface area (Å²) in [5.74, 6) is -0.222. The first-order valence-electron chi connectivity index (χ1n) is 13.3. The highest BCUT2D eigenvalue weighted by Crippen LogP contribution is 2.50. The number of fused-ring (bicyclic) bond motifs is 2. The fraction of sp³-hybridized carbons (Fsp3) is 0.524. The summed E-state index contributed by atoms with van der Waals surface area (Å²) in [6.45, 7) is -1.48. The van der Waals surface area contributed by atoms with Gasteiger partial charge in [-0.15, -0.1) is 0 Å². The summed E-state index contributed by atoms with van der Waals surface area (Å²) in [4.78, 5) is 54.5. The van der Waals surface area contributed by atoms with Crippen LogP contribution in [-0.4, -0.2) is 120 Å². The van der Waals surface area contributed by atoms with Crippen LogP contribution in [0.5, 0.6) is 0 Å². The Morgan fingerprint density at radius 2 is 1.70 bits per heavy atom. The number of imidazole rings is 2. The highest BCUT2D eigenvalue weighted by atomic mass is 31.2. The largest absolute Gasteiger partial charge is 0.472 e. The number of H-pyrrole nitrogens is 1. The number of anilines is 2. The molecule has 0 bridgehead atoms. The summed E-state index contributed by atoms with van der Waals surface area (Å²) in [6, 6.07) is 0. The molecular weight excluding hydrogens is 662 g/mol. The molecule has 250 valence electrons. The van der Waals surface area contributed by atoms with Crippen molar-refractivity contribution in [3.05, 3.63) is 29.3 Å². The molecule has 46 heavy (non-hydrogen) atoms. The lowest BCUT2D eigenvalue weighted by Gasteiger charge is -2.25. The summed E-state index contributed by atoms with van der Waals surface area (Å²) in [6.07, 6.45) is -8.81. The number of phosphoric ester groups is 1. The van der Waals surface area contributed by atoms with Gasteiger partial charge in [0.1, 0.15) is 54.8 Å². The van der Waals surface area contributed by atoms with Gasteiger partial charge in [-0.05, 0) is 0 Å². The molecule has 10 N–H and O–H groups in total. The van der Waals surface area contributed by atoms with Crippen molar-refractivity contribution >= 4 is 49.9 Å². The van der Waals surface area contributed by atoms with Gasteiger partial charge in [-0.25, -0.2) is 24.5 Å². The Bertz CT molecular complexity index is 1870. The van der Waals surface area contributed by atoms with Crippen LogP contribution in [0.3, 0.4) is 0 Å². The Balaban J connectivity index is 1.22. The average molecular weight is 690 g/mol. The number of nitrogens with one attached hydrogen (secondary N) is 1. The van der Waals surface area contributed by atoms with Gasteiger partial charge in [0.25, 0.3) is 5.56 Å². The molecule has 23 nitrogen and oxygen atoms in total. The van der Waals surface area contributed by atoms with Crippen LogP contribution in [0.1, 0.15) is 12.5 Å². The van der Waals surface area contributed by atoms with Crippen LogP contribution in [0, 0.1) is 0 Å². The summed E-state index contributed by atoms with van der Waals surface area (Å²) in [5.41, 5.74) is 10.9. The number of hydrogen-bond acceptors (Lipinski definition) is 18. The Labute approximate surface area is 256 Å². The third kappa shape index (κ3) is 6.03. The quantitative estimate of drug-likeness (QED) is 0.0724. The van der Waals surface area contributed by atoms with Crippen molar-refractivity contribution in [2.75, 3.05) is 31.0 Å². The fourth-order valence-electron chi connectivity index (χ4n) is 5.20. The minimum absolute atomic E-state index is 0.0321. The molecule has 25 heteroatoms. The number of ether oxygens (including phenoxy) is 3. The second-order valence-electron chi connectivity index (χ2n) is 10.2. The number of rotatable bonds is 11. The Hall–Kier alpha value is -3.44. The maximum atomic E-state index is 13.2. The summed E-state index contributed by atoms with van der Waals surface area (Å²) in [5, 5.41) is 31.6. The van der Waals surface area contributed by atoms with E-state index in [4.69, 9.17) is 34.7 Å². The molecule has 10 atom stereocenters. The van der Waals surface area contributed by atoms with Crippen LogP contribution < -0.4 is 17.0 Å². The molecule has 0 radical (unpaired) electrons. The minimum Gasteiger partial charge on any atom is -0.394 e. The van der Waals surface area contributed by atoms with E-state index in [9.17, 15) is 39.0 Å². The summed E-state index contributed by atoms with van der Waals surface area (Å²) in [7, 11) is -8.31. The van der Waals surface area contributed by atoms with Crippen molar-refractivity contribution in [3.63, 3.8) is 0 Å². The topological polar surface area (TPSA) is 341 Å². The lowest BCUT2D eigenvalue weighted by molar-refractivity contribution is -0.0649. The lowest BCUT2D eigenvalue weighted by atomic mass is 10.1. The van der Waals surface area contributed by atoms with Gasteiger partial charge in [0.15, 0.2) is 35.1 Å². The van der Waals surface area contributed by atoms with Crippen molar-refractivity contribution < 1.29 is 57.5 Å². The number of nitrogens with two attached hydrogens (primary N) is 2. The number of aliphatic hydroxyl groups excluding tert-OH is 3. The van der Waals surface area contributed by atoms with Crippen molar-refractivity contribution in [1.82, 2.24) is 39.0 Å². The molecule has 6 heterocycles. The van der Waals surface area contributed by atoms with E-state index in [1.54, 1.807) is 0 Å². The van der Waals surface area contributed by atoms with Crippen molar-refractivity contribution in [1.29, 1.82) is 0 Å². The van der Waals surface area contributed by atoms with Gasteiger partial charge in [-0.3, -0.25) is 32.5 Å². The number of aliphatic hydroxyl groups is 3. The molecule has 0 aliphatic carbocycles. The first-order chi connectivity index (χ1) is 21.9. The molecule has 2 aliphatic rings. The van der Waals surface area contributed by atoms with Crippen LogP contribution in [0.4, 0.5) is 11.8 Å². The van der Waals surface area contributed by atoms with Crippen molar-refractivity contribution in [3.8, 4) is 0 Å². The molecule has 0 amide bonds. The number of phosphoric acid groups is 1. The second-order valence-corrected chi connectivity index (χ2v) is 12.6. The molecule has 2 fully saturated rings. The van der Waals surface area contributed by atoms with Gasteiger partial charge in [-0.1, -0.05) is 0 Å². The van der Waals surface area contributed by atoms with Crippen LogP contribution in [-0.2, 0) is 32.4 Å². The molecule has 4 aromatic rings. The first kappa shape index (κ1) is 32.5. The predicted molar refractivity (Wildman–Crippen MR) is 151 cm³/mol. The Kier molecular flexibility index (Phi) is 8.93. The number of nitrogen functional groups attached to an aromatic ring is 2. The Morgan fingerprint density at radius 1 is 1.00 bits per heavy atom. The van der Waals surface area contributed by atoms with Crippen LogP contribution in [0.2, 0.25) is 0 Å². The molecule has 0 aromatic carbocycles. The molecule has 0 spiro atoms. The van der Waals surface area contributed by atoms with Crippen molar-refractivity contribution in [2.24, 2.45) is 0 Å². The number of hydrogen-bond donors (Lipinski definition) is 8. The van der Waals surface area contributed by atoms with E-state index < -0.39 is 90.1 Å². The van der Waals surface area contributed by atoms with Gasteiger partial charge >= 0.3 is 7.82 Å². The van der Waals surface area contributed by atoms with Gasteiger partial charge in [-0.2, -0.15) is 4.98 Å². The maximum absolute atomic E-state index is 13.2. The van der Waals surface area contributed by atoms with Gasteiger partial charge in [0.05, 0.1) is 25.9 Å². The maximum Gasteiger partial charge on any atom is 0.472 e. The molecule has 6 rings (SSSR count). The zero-order valence-electron chi connectivity index (χ0n) is 23.2. The van der Waals surface area contributed by atoms with Crippen LogP contribution in [0.15, 0.2) is 23.8 Å². The third-order valence-corrected chi connectivity index (χ3v) is 8.64. The molecular formula is C21H28N10O13P2. The molecule has 2 aliphatic heterocycles. The lowest BCUT2D eigenvalue weighted by Crippen LogP contribution is -2.37.